The van der Waals surface area contributed by atoms with E-state index in [-0.39, 0.29) is 12.4 Å². The molecule has 0 fully saturated rings. The van der Waals surface area contributed by atoms with Crippen LogP contribution in [0.25, 0.3) is 5.70 Å². The standard InChI is InChI=1S/C23H29ClN6O3/c1-13-11-16(21(25)14(2)22(28-4)15(3)31)9-10-20(13)33-12-17-18(24)7-6-8-19(17)30(27)23(32)29(5)26/h6-11H,12,25-27H2,1-5H3. The normalized spacial score (nSPS) is 12.2. The summed E-state index contributed by atoms with van der Waals surface area (Å²) in [5.41, 5.74) is 10.1. The maximum Gasteiger partial charge on any atom is 0.352 e. The lowest BCUT2D eigenvalue weighted by Crippen LogP contribution is -2.49. The molecule has 0 aliphatic heterocycles. The summed E-state index contributed by atoms with van der Waals surface area (Å²) in [6.45, 7) is 5.14. The first-order chi connectivity index (χ1) is 15.5. The molecule has 33 heavy (non-hydrogen) atoms. The van der Waals surface area contributed by atoms with Crippen molar-refractivity contribution in [2.45, 2.75) is 27.4 Å². The van der Waals surface area contributed by atoms with Gasteiger partial charge in [-0.25, -0.2) is 21.5 Å². The molecule has 0 unspecified atom stereocenters. The first-order valence-corrected chi connectivity index (χ1v) is 10.4. The van der Waals surface area contributed by atoms with Gasteiger partial charge in [0.05, 0.1) is 5.69 Å². The van der Waals surface area contributed by atoms with E-state index in [1.807, 2.05) is 13.0 Å². The zero-order valence-electron chi connectivity index (χ0n) is 19.3. The number of allylic oxidation sites excluding steroid dienone is 1. The number of nitrogens with zero attached hydrogens (tertiary/aromatic N) is 3. The number of carbonyl (C=O) groups is 2. The molecule has 2 rings (SSSR count). The van der Waals surface area contributed by atoms with Gasteiger partial charge in [0.1, 0.15) is 18.1 Å². The Morgan fingerprint density at radius 1 is 1.15 bits per heavy atom. The Balaban J connectivity index is 2.32. The summed E-state index contributed by atoms with van der Waals surface area (Å²) < 4.78 is 5.98. The number of Topliss-reactive ketones (excluding diaryl/α,β-unsaturated/α-hetero) is 1. The number of hydrogen-bond donors (Lipinski definition) is 3. The molecule has 0 aromatic heterocycles. The smallest absolute Gasteiger partial charge is 0.352 e. The topological polar surface area (TPSA) is 140 Å². The number of amides is 2. The molecule has 0 spiro atoms. The van der Waals surface area contributed by atoms with Gasteiger partial charge in [-0.1, -0.05) is 17.7 Å². The van der Waals surface area contributed by atoms with Crippen LogP contribution in [0.2, 0.25) is 5.02 Å². The summed E-state index contributed by atoms with van der Waals surface area (Å²) in [6.07, 6.45) is 0. The first kappa shape index (κ1) is 25.9. The van der Waals surface area contributed by atoms with Crippen molar-refractivity contribution in [3.8, 4) is 5.75 Å². The molecule has 2 aromatic rings. The van der Waals surface area contributed by atoms with E-state index < -0.39 is 6.03 Å². The third-order valence-corrected chi connectivity index (χ3v) is 5.39. The number of nitrogens with two attached hydrogens (primary N) is 3. The second-order valence-corrected chi connectivity index (χ2v) is 7.84. The fourth-order valence-corrected chi connectivity index (χ4v) is 3.48. The third kappa shape index (κ3) is 5.89. The van der Waals surface area contributed by atoms with Gasteiger partial charge in [0.25, 0.3) is 0 Å². The minimum atomic E-state index is -0.614. The van der Waals surface area contributed by atoms with E-state index in [0.29, 0.717) is 39.0 Å². The van der Waals surface area contributed by atoms with Gasteiger partial charge in [-0.2, -0.15) is 0 Å². The summed E-state index contributed by atoms with van der Waals surface area (Å²) in [5.74, 6) is 11.9. The molecule has 6 N–H and O–H groups in total. The Kier molecular flexibility index (Phi) is 8.58. The van der Waals surface area contributed by atoms with E-state index in [4.69, 9.17) is 33.8 Å². The van der Waals surface area contributed by atoms with Crippen LogP contribution in [0.15, 0.2) is 47.0 Å². The number of ketones is 1. The Hall–Kier alpha value is -3.40. The molecule has 0 saturated carbocycles. The third-order valence-electron chi connectivity index (χ3n) is 5.04. The largest absolute Gasteiger partial charge is 0.488 e. The predicted octanol–water partition coefficient (Wildman–Crippen LogP) is 3.18. The van der Waals surface area contributed by atoms with Crippen molar-refractivity contribution >= 4 is 40.5 Å². The summed E-state index contributed by atoms with van der Waals surface area (Å²) in [7, 11) is 2.95. The zero-order chi connectivity index (χ0) is 24.9. The van der Waals surface area contributed by atoms with Gasteiger partial charge in [-0.15, -0.1) is 0 Å². The molecule has 0 aliphatic rings. The minimum absolute atomic E-state index is 0.0613. The number of anilines is 1. The maximum atomic E-state index is 12.2. The van der Waals surface area contributed by atoms with Gasteiger partial charge in [0.15, 0.2) is 5.78 Å². The van der Waals surface area contributed by atoms with E-state index in [0.717, 1.165) is 21.1 Å². The van der Waals surface area contributed by atoms with Crippen LogP contribution in [0.1, 0.15) is 30.5 Å². The van der Waals surface area contributed by atoms with Crippen molar-refractivity contribution in [1.82, 2.24) is 5.01 Å². The van der Waals surface area contributed by atoms with Gasteiger partial charge in [0.2, 0.25) is 0 Å². The molecule has 0 bridgehead atoms. The van der Waals surface area contributed by atoms with Crippen LogP contribution in [-0.2, 0) is 11.4 Å². The number of halogens is 1. The van der Waals surface area contributed by atoms with Gasteiger partial charge in [-0.05, 0) is 55.3 Å². The van der Waals surface area contributed by atoms with Crippen LogP contribution in [0.5, 0.6) is 5.75 Å². The molecule has 0 atom stereocenters. The number of aryl methyl sites for hydroxylation is 1. The highest BCUT2D eigenvalue weighted by atomic mass is 35.5. The van der Waals surface area contributed by atoms with Crippen molar-refractivity contribution in [2.24, 2.45) is 22.4 Å². The van der Waals surface area contributed by atoms with Gasteiger partial charge < -0.3 is 10.5 Å². The Bertz CT molecular complexity index is 1130. The predicted molar refractivity (Wildman–Crippen MR) is 132 cm³/mol. The van der Waals surface area contributed by atoms with Crippen molar-refractivity contribution in [3.63, 3.8) is 0 Å². The Morgan fingerprint density at radius 3 is 2.36 bits per heavy atom. The Morgan fingerprint density at radius 2 is 1.82 bits per heavy atom. The number of hydrogen-bond acceptors (Lipinski definition) is 7. The lowest BCUT2D eigenvalue weighted by molar-refractivity contribution is -0.111. The summed E-state index contributed by atoms with van der Waals surface area (Å²) >= 11 is 6.35. The highest BCUT2D eigenvalue weighted by molar-refractivity contribution is 6.46. The second kappa shape index (κ2) is 11.0. The van der Waals surface area contributed by atoms with E-state index in [2.05, 4.69) is 4.99 Å². The molecule has 0 heterocycles. The molecule has 2 aromatic carbocycles. The first-order valence-electron chi connectivity index (χ1n) is 10.0. The number of aliphatic imine (C=N–C) groups is 1. The maximum absolute atomic E-state index is 12.2. The number of rotatable bonds is 7. The van der Waals surface area contributed by atoms with Gasteiger partial charge >= 0.3 is 6.03 Å². The highest BCUT2D eigenvalue weighted by Gasteiger charge is 2.20. The van der Waals surface area contributed by atoms with E-state index >= 15 is 0 Å². The fraction of sp³-hybridized carbons (Fsp3) is 0.261. The van der Waals surface area contributed by atoms with Crippen LogP contribution < -0.4 is 27.2 Å². The molecule has 10 heteroatoms. The van der Waals surface area contributed by atoms with E-state index in [1.54, 1.807) is 44.3 Å². The summed E-state index contributed by atoms with van der Waals surface area (Å²) in [5, 5.41) is 2.18. The van der Waals surface area contributed by atoms with Gasteiger partial charge in [-0.3, -0.25) is 14.8 Å². The number of ether oxygens (including phenoxy) is 1. The lowest BCUT2D eigenvalue weighted by atomic mass is 10.0. The van der Waals surface area contributed by atoms with Crippen LogP contribution in [0.3, 0.4) is 0 Å². The number of benzene rings is 2. The zero-order valence-corrected chi connectivity index (χ0v) is 20.1. The molecule has 0 saturated heterocycles. The highest BCUT2D eigenvalue weighted by Crippen LogP contribution is 2.30. The van der Waals surface area contributed by atoms with Crippen LogP contribution in [0, 0.1) is 6.92 Å². The van der Waals surface area contributed by atoms with Crippen LogP contribution in [0.4, 0.5) is 10.5 Å². The van der Waals surface area contributed by atoms with Crippen molar-refractivity contribution in [1.29, 1.82) is 0 Å². The molecular weight excluding hydrogens is 444 g/mol. The number of urea groups is 1. The summed E-state index contributed by atoms with van der Waals surface area (Å²) in [6, 6.07) is 9.82. The molecule has 0 radical (unpaired) electrons. The lowest BCUT2D eigenvalue weighted by Gasteiger charge is -2.24. The molecule has 176 valence electrons. The van der Waals surface area contributed by atoms with Crippen molar-refractivity contribution in [2.75, 3.05) is 19.1 Å². The summed E-state index contributed by atoms with van der Waals surface area (Å²) in [4.78, 5) is 28.0. The molecular formula is C23H29ClN6O3. The Labute approximate surface area is 198 Å². The van der Waals surface area contributed by atoms with Gasteiger partial charge in [0, 0.05) is 42.9 Å². The number of carbonyl (C=O) groups excluding carboxylic acids is 2. The average molecular weight is 473 g/mol. The van der Waals surface area contributed by atoms with E-state index in [1.165, 1.54) is 14.0 Å². The van der Waals surface area contributed by atoms with Crippen LogP contribution in [-0.4, -0.2) is 36.6 Å². The molecule has 0 aliphatic carbocycles. The van der Waals surface area contributed by atoms with E-state index in [9.17, 15) is 9.59 Å². The molecule has 2 amide bonds. The van der Waals surface area contributed by atoms with Crippen molar-refractivity contribution < 1.29 is 14.3 Å². The average Bonchev–Trinajstić information content (AvgIpc) is 2.77. The fourth-order valence-electron chi connectivity index (χ4n) is 3.25. The molecule has 9 nitrogen and oxygen atoms in total. The van der Waals surface area contributed by atoms with Crippen molar-refractivity contribution in [3.05, 3.63) is 63.7 Å². The SMILES string of the molecule is CN=C(C(C)=O)C(C)=C(N)c1ccc(OCc2c(Cl)cccc2N(N)C(=O)N(C)N)c(C)c1. The quantitative estimate of drug-likeness (QED) is 0.244. The number of hydrazine groups is 2. The monoisotopic (exact) mass is 472 g/mol. The minimum Gasteiger partial charge on any atom is -0.488 e. The second-order valence-electron chi connectivity index (χ2n) is 7.44. The van der Waals surface area contributed by atoms with Crippen LogP contribution >= 0.6 is 11.6 Å².